The quantitative estimate of drug-likeness (QED) is 0.475. The van der Waals surface area contributed by atoms with Gasteiger partial charge in [0.1, 0.15) is 6.54 Å². The minimum Gasteiger partial charge on any atom is -0.452 e. The number of esters is 1. The molecule has 0 fully saturated rings. The van der Waals surface area contributed by atoms with Gasteiger partial charge in [0.05, 0.1) is 16.7 Å². The number of hydrogen-bond donors (Lipinski definition) is 2. The molecule has 0 heterocycles. The van der Waals surface area contributed by atoms with Gasteiger partial charge >= 0.3 is 5.97 Å². The molecule has 1 aromatic carbocycles. The molecule has 0 spiro atoms. The lowest BCUT2D eigenvalue weighted by molar-refractivity contribution is -0.123. The molecule has 0 aliphatic rings. The van der Waals surface area contributed by atoms with Crippen molar-refractivity contribution in [2.24, 2.45) is 0 Å². The lowest BCUT2D eigenvalue weighted by Gasteiger charge is -2.06. The fourth-order valence-corrected chi connectivity index (χ4v) is 1.29. The number of nitrogens with one attached hydrogen (secondary N) is 1. The van der Waals surface area contributed by atoms with Gasteiger partial charge in [0, 0.05) is 5.69 Å². The second kappa shape index (κ2) is 6.47. The van der Waals surface area contributed by atoms with Crippen molar-refractivity contribution in [1.29, 1.82) is 5.26 Å². The molecule has 3 N–H and O–H groups in total. The summed E-state index contributed by atoms with van der Waals surface area (Å²) in [5.41, 5.74) is 5.95. The fourth-order valence-electron chi connectivity index (χ4n) is 1.10. The van der Waals surface area contributed by atoms with Crippen LogP contribution in [0.1, 0.15) is 10.4 Å². The average molecular weight is 268 g/mol. The van der Waals surface area contributed by atoms with Crippen molar-refractivity contribution in [2.75, 3.05) is 18.9 Å². The number of hydrogen-bond acceptors (Lipinski definition) is 5. The van der Waals surface area contributed by atoms with Crippen molar-refractivity contribution in [3.8, 4) is 6.07 Å². The van der Waals surface area contributed by atoms with Crippen LogP contribution >= 0.6 is 11.6 Å². The zero-order valence-electron chi connectivity index (χ0n) is 9.27. The van der Waals surface area contributed by atoms with E-state index in [1.54, 1.807) is 12.1 Å². The maximum absolute atomic E-state index is 11.6. The molecule has 0 aromatic heterocycles. The number of benzene rings is 1. The van der Waals surface area contributed by atoms with Gasteiger partial charge in [-0.25, -0.2) is 4.79 Å². The van der Waals surface area contributed by atoms with E-state index in [0.717, 1.165) is 0 Å². The number of nitrogens with zero attached hydrogens (tertiary/aromatic N) is 1. The van der Waals surface area contributed by atoms with Crippen LogP contribution < -0.4 is 11.1 Å². The summed E-state index contributed by atoms with van der Waals surface area (Å²) in [7, 11) is 0. The number of amides is 1. The van der Waals surface area contributed by atoms with Gasteiger partial charge in [-0.05, 0) is 18.2 Å². The summed E-state index contributed by atoms with van der Waals surface area (Å²) in [6.07, 6.45) is 0. The minimum atomic E-state index is -0.751. The smallest absolute Gasteiger partial charge is 0.340 e. The molecule has 1 rings (SSSR count). The van der Waals surface area contributed by atoms with Crippen molar-refractivity contribution in [3.63, 3.8) is 0 Å². The Kier molecular flexibility index (Phi) is 4.96. The first-order valence-corrected chi connectivity index (χ1v) is 5.28. The highest BCUT2D eigenvalue weighted by molar-refractivity contribution is 6.33. The molecule has 0 saturated heterocycles. The molecule has 6 nitrogen and oxygen atoms in total. The standard InChI is InChI=1S/C11H10ClN3O3/c12-9-2-1-7(14)5-8(9)11(17)18-6-10(16)15-4-3-13/h1-2,5H,4,6,14H2,(H,15,16). The van der Waals surface area contributed by atoms with E-state index < -0.39 is 18.5 Å². The molecule has 18 heavy (non-hydrogen) atoms. The van der Waals surface area contributed by atoms with E-state index in [9.17, 15) is 9.59 Å². The summed E-state index contributed by atoms with van der Waals surface area (Å²) in [5.74, 6) is -1.32. The molecule has 1 aromatic rings. The van der Waals surface area contributed by atoms with Crippen molar-refractivity contribution in [2.45, 2.75) is 0 Å². The molecule has 0 atom stereocenters. The number of carbonyl (C=O) groups is 2. The zero-order chi connectivity index (χ0) is 13.5. The van der Waals surface area contributed by atoms with E-state index in [-0.39, 0.29) is 17.1 Å². The van der Waals surface area contributed by atoms with Gasteiger partial charge < -0.3 is 15.8 Å². The van der Waals surface area contributed by atoms with Crippen LogP contribution in [0, 0.1) is 11.3 Å². The summed E-state index contributed by atoms with van der Waals surface area (Å²) in [5, 5.41) is 10.7. The number of carbonyl (C=O) groups excluding carboxylic acids is 2. The minimum absolute atomic E-state index is 0.0877. The van der Waals surface area contributed by atoms with E-state index in [4.69, 9.17) is 27.3 Å². The number of nitrogen functional groups attached to an aromatic ring is 1. The second-order valence-corrected chi connectivity index (χ2v) is 3.66. The van der Waals surface area contributed by atoms with Gasteiger partial charge in [0.2, 0.25) is 0 Å². The molecular formula is C11H10ClN3O3. The molecule has 7 heteroatoms. The lowest BCUT2D eigenvalue weighted by Crippen LogP contribution is -2.29. The Labute approximate surface area is 108 Å². The summed E-state index contributed by atoms with van der Waals surface area (Å²) in [6.45, 7) is -0.624. The summed E-state index contributed by atoms with van der Waals surface area (Å²) >= 11 is 5.79. The van der Waals surface area contributed by atoms with E-state index in [1.807, 2.05) is 0 Å². The fraction of sp³-hybridized carbons (Fsp3) is 0.182. The van der Waals surface area contributed by atoms with E-state index >= 15 is 0 Å². The van der Waals surface area contributed by atoms with Crippen LogP contribution in [0.3, 0.4) is 0 Å². The number of halogens is 1. The first-order chi connectivity index (χ1) is 8.54. The lowest BCUT2D eigenvalue weighted by atomic mass is 10.2. The summed E-state index contributed by atoms with van der Waals surface area (Å²) < 4.78 is 4.72. The van der Waals surface area contributed by atoms with Gasteiger partial charge in [-0.3, -0.25) is 4.79 Å². The van der Waals surface area contributed by atoms with Gasteiger partial charge in [0.15, 0.2) is 6.61 Å². The van der Waals surface area contributed by atoms with E-state index in [0.29, 0.717) is 5.69 Å². The van der Waals surface area contributed by atoms with E-state index in [2.05, 4.69) is 5.32 Å². The highest BCUT2D eigenvalue weighted by Gasteiger charge is 2.13. The van der Waals surface area contributed by atoms with Crippen LogP contribution in [-0.2, 0) is 9.53 Å². The van der Waals surface area contributed by atoms with Crippen LogP contribution in [-0.4, -0.2) is 25.0 Å². The molecular weight excluding hydrogens is 258 g/mol. The Morgan fingerprint density at radius 2 is 2.22 bits per heavy atom. The highest BCUT2D eigenvalue weighted by Crippen LogP contribution is 2.19. The van der Waals surface area contributed by atoms with Gasteiger partial charge in [-0.15, -0.1) is 0 Å². The van der Waals surface area contributed by atoms with Crippen LogP contribution in [0.25, 0.3) is 0 Å². The maximum atomic E-state index is 11.6. The molecule has 1 amide bonds. The van der Waals surface area contributed by atoms with Crippen molar-refractivity contribution in [1.82, 2.24) is 5.32 Å². The second-order valence-electron chi connectivity index (χ2n) is 3.25. The molecule has 0 bridgehead atoms. The number of nitrogens with two attached hydrogens (primary N) is 1. The summed E-state index contributed by atoms with van der Waals surface area (Å²) in [4.78, 5) is 22.7. The maximum Gasteiger partial charge on any atom is 0.340 e. The Bertz CT molecular complexity index is 511. The van der Waals surface area contributed by atoms with Crippen LogP contribution in [0.15, 0.2) is 18.2 Å². The van der Waals surface area contributed by atoms with Crippen molar-refractivity contribution >= 4 is 29.2 Å². The van der Waals surface area contributed by atoms with Gasteiger partial charge in [-0.1, -0.05) is 11.6 Å². The average Bonchev–Trinajstić information content (AvgIpc) is 2.36. The topological polar surface area (TPSA) is 105 Å². The van der Waals surface area contributed by atoms with Crippen LogP contribution in [0.2, 0.25) is 5.02 Å². The highest BCUT2D eigenvalue weighted by atomic mass is 35.5. The first-order valence-electron chi connectivity index (χ1n) is 4.90. The predicted molar refractivity (Wildman–Crippen MR) is 64.8 cm³/mol. The number of ether oxygens (including phenoxy) is 1. The molecule has 94 valence electrons. The van der Waals surface area contributed by atoms with Crippen molar-refractivity contribution in [3.05, 3.63) is 28.8 Å². The number of anilines is 1. The van der Waals surface area contributed by atoms with Crippen LogP contribution in [0.4, 0.5) is 5.69 Å². The molecule has 0 aliphatic heterocycles. The third kappa shape index (κ3) is 3.96. The summed E-state index contributed by atoms with van der Waals surface area (Å²) in [6, 6.07) is 6.09. The third-order valence-corrected chi connectivity index (χ3v) is 2.24. The monoisotopic (exact) mass is 267 g/mol. The third-order valence-electron chi connectivity index (χ3n) is 1.91. The molecule has 0 aliphatic carbocycles. The number of rotatable bonds is 4. The molecule has 0 unspecified atom stereocenters. The Balaban J connectivity index is 2.58. The molecule has 0 radical (unpaired) electrons. The normalized spacial score (nSPS) is 9.33. The SMILES string of the molecule is N#CCNC(=O)COC(=O)c1cc(N)ccc1Cl. The first kappa shape index (κ1) is 13.8. The van der Waals surface area contributed by atoms with Gasteiger partial charge in [0.25, 0.3) is 5.91 Å². The van der Waals surface area contributed by atoms with Crippen molar-refractivity contribution < 1.29 is 14.3 Å². The van der Waals surface area contributed by atoms with Crippen LogP contribution in [0.5, 0.6) is 0 Å². The van der Waals surface area contributed by atoms with E-state index in [1.165, 1.54) is 12.1 Å². The Morgan fingerprint density at radius 1 is 1.50 bits per heavy atom. The zero-order valence-corrected chi connectivity index (χ0v) is 10.0. The largest absolute Gasteiger partial charge is 0.452 e. The predicted octanol–water partition coefficient (Wildman–Crippen LogP) is 0.719. The Hall–Kier alpha value is -2.26. The van der Waals surface area contributed by atoms with Gasteiger partial charge in [-0.2, -0.15) is 5.26 Å². The Morgan fingerprint density at radius 3 is 2.89 bits per heavy atom. The number of nitriles is 1. The molecule has 0 saturated carbocycles.